The molecule has 0 aliphatic carbocycles. The summed E-state index contributed by atoms with van der Waals surface area (Å²) in [6.45, 7) is 8.92. The molecule has 0 radical (unpaired) electrons. The van der Waals surface area contributed by atoms with Crippen LogP contribution in [-0.2, 0) is 0 Å². The molecule has 0 unspecified atom stereocenters. The topological polar surface area (TPSA) is 63.9 Å². The summed E-state index contributed by atoms with van der Waals surface area (Å²) in [5.41, 5.74) is 17.4. The zero-order valence-electron chi connectivity index (χ0n) is 34.2. The molecule has 0 saturated heterocycles. The van der Waals surface area contributed by atoms with Crippen LogP contribution >= 0.6 is 22.7 Å². The summed E-state index contributed by atoms with van der Waals surface area (Å²) >= 11 is 3.71. The van der Waals surface area contributed by atoms with Gasteiger partial charge >= 0.3 is 0 Å². The molecular weight excluding hydrogens is 807 g/mol. The van der Waals surface area contributed by atoms with E-state index in [0.29, 0.717) is 17.1 Å². The van der Waals surface area contributed by atoms with Crippen molar-refractivity contribution in [2.75, 3.05) is 6.54 Å². The van der Waals surface area contributed by atoms with Crippen LogP contribution in [-0.4, -0.2) is 18.2 Å². The Labute approximate surface area is 372 Å². The number of hydrogen-bond acceptors (Lipinski definition) is 4. The summed E-state index contributed by atoms with van der Waals surface area (Å²) in [6, 6.07) is 63.7. The van der Waals surface area contributed by atoms with Crippen LogP contribution in [0, 0.1) is 0 Å². The molecule has 0 aliphatic rings. The Bertz CT molecular complexity index is 3760. The van der Waals surface area contributed by atoms with Crippen molar-refractivity contribution in [3.8, 4) is 33.4 Å². The number of benzene rings is 8. The number of rotatable bonds is 8. The summed E-state index contributed by atoms with van der Waals surface area (Å²) in [6.07, 6.45) is 1.85. The Morgan fingerprint density at radius 1 is 0.556 bits per heavy atom. The Kier molecular flexibility index (Phi) is 9.72. The molecule has 63 heavy (non-hydrogen) atoms. The van der Waals surface area contributed by atoms with Crippen molar-refractivity contribution in [1.82, 2.24) is 0 Å². The molecule has 0 atom stereocenters. The Morgan fingerprint density at radius 2 is 1.21 bits per heavy atom. The van der Waals surface area contributed by atoms with Gasteiger partial charge in [-0.25, -0.2) is 4.99 Å². The molecule has 2 N–H and O–H groups in total. The number of aliphatic imine (C=N–C) groups is 2. The van der Waals surface area contributed by atoms with Crippen LogP contribution in [0.5, 0.6) is 0 Å². The minimum atomic E-state index is 0.277. The predicted octanol–water partition coefficient (Wildman–Crippen LogP) is 13.8. The second-order valence-corrected chi connectivity index (χ2v) is 17.7. The molecule has 0 spiro atoms. The lowest BCUT2D eigenvalue weighted by Crippen LogP contribution is -2.22. The van der Waals surface area contributed by atoms with Gasteiger partial charge in [0.25, 0.3) is 0 Å². The van der Waals surface area contributed by atoms with E-state index in [1.807, 2.05) is 89.4 Å². The van der Waals surface area contributed by atoms with E-state index in [2.05, 4.69) is 134 Å². The van der Waals surface area contributed by atoms with Crippen LogP contribution < -0.4 is 16.4 Å². The van der Waals surface area contributed by atoms with Crippen molar-refractivity contribution < 1.29 is 4.42 Å². The zero-order valence-corrected chi connectivity index (χ0v) is 35.8. The van der Waals surface area contributed by atoms with E-state index in [4.69, 9.17) is 20.1 Å². The Hall–Kier alpha value is -7.64. The maximum Gasteiger partial charge on any atom is 0.157 e. The van der Waals surface area contributed by atoms with Crippen molar-refractivity contribution in [3.05, 3.63) is 216 Å². The van der Waals surface area contributed by atoms with Crippen LogP contribution in [0.3, 0.4) is 0 Å². The summed E-state index contributed by atoms with van der Waals surface area (Å²) in [5, 5.41) is 6.94. The first-order chi connectivity index (χ1) is 31.0. The highest BCUT2D eigenvalue weighted by Gasteiger charge is 2.18. The highest BCUT2D eigenvalue weighted by molar-refractivity contribution is 7.26. The SMILES string of the molecule is C=C/C(CN=C(N=C(N)c1ccccc1)c1cccc(-c2ccccc2)c1)=c1\c(=C)oc2ccc(-c3ccc(-c4ccc5c(c4)sc4ccccc45)c4sc5ccccc5c34)cc12. The maximum absolute atomic E-state index is 6.65. The third kappa shape index (κ3) is 6.96. The molecule has 0 aliphatic heterocycles. The molecule has 0 fully saturated rings. The van der Waals surface area contributed by atoms with Gasteiger partial charge in [-0.2, -0.15) is 0 Å². The number of thiophene rings is 2. The smallest absolute Gasteiger partial charge is 0.157 e. The number of fused-ring (bicyclic) bond motifs is 7. The van der Waals surface area contributed by atoms with Crippen LogP contribution in [0.15, 0.2) is 209 Å². The van der Waals surface area contributed by atoms with E-state index in [1.54, 1.807) is 0 Å². The monoisotopic (exact) mass is 845 g/mol. The molecular formula is C57H39N3OS2. The second-order valence-electron chi connectivity index (χ2n) is 15.6. The van der Waals surface area contributed by atoms with Crippen molar-refractivity contribution in [3.63, 3.8) is 0 Å². The van der Waals surface area contributed by atoms with Crippen molar-refractivity contribution in [1.29, 1.82) is 0 Å². The van der Waals surface area contributed by atoms with Gasteiger partial charge in [0.2, 0.25) is 0 Å². The molecule has 11 aromatic rings. The highest BCUT2D eigenvalue weighted by atomic mass is 32.1. The molecule has 0 amide bonds. The third-order valence-corrected chi connectivity index (χ3v) is 14.1. The fourth-order valence-corrected chi connectivity index (χ4v) is 11.1. The van der Waals surface area contributed by atoms with Crippen LogP contribution in [0.1, 0.15) is 11.1 Å². The fraction of sp³-hybridized carbons (Fsp3) is 0.0175. The largest absolute Gasteiger partial charge is 0.457 e. The Balaban J connectivity index is 1.04. The lowest BCUT2D eigenvalue weighted by atomic mass is 9.94. The first kappa shape index (κ1) is 38.3. The first-order valence-corrected chi connectivity index (χ1v) is 22.5. The van der Waals surface area contributed by atoms with E-state index < -0.39 is 0 Å². The molecule has 300 valence electrons. The predicted molar refractivity (Wildman–Crippen MR) is 272 cm³/mol. The molecule has 11 rings (SSSR count). The molecule has 3 heterocycles. The number of furan rings is 1. The van der Waals surface area contributed by atoms with E-state index >= 15 is 0 Å². The van der Waals surface area contributed by atoms with Gasteiger partial charge in [0, 0.05) is 62.1 Å². The number of hydrogen-bond donors (Lipinski definition) is 1. The van der Waals surface area contributed by atoms with Crippen molar-refractivity contribution >= 4 is 97.8 Å². The van der Waals surface area contributed by atoms with E-state index in [9.17, 15) is 0 Å². The molecule has 3 aromatic heterocycles. The van der Waals surface area contributed by atoms with Gasteiger partial charge in [-0.05, 0) is 75.4 Å². The minimum absolute atomic E-state index is 0.277. The standard InChI is InChI=1S/C57H39N3OS2/c1-3-36(34-59-57(60-56(58)38-17-8-5-9-18-38)42-20-14-19-39(31-42)37-15-6-4-7-16-37)53-35(2)61-49-30-26-40(32-48(49)53)43-28-29-44(55-54(43)47-22-11-13-24-51(47)63-55)41-25-27-46-45-21-10-12-23-50(45)62-52(46)33-41/h3-33H,1-2,34H2,(H2,58,59,60)/b53-36-. The van der Waals surface area contributed by atoms with Gasteiger partial charge in [-0.15, -0.1) is 22.7 Å². The normalized spacial score (nSPS) is 12.8. The fourth-order valence-electron chi connectivity index (χ4n) is 8.71. The highest BCUT2D eigenvalue weighted by Crippen LogP contribution is 2.46. The molecule has 8 aromatic carbocycles. The Morgan fingerprint density at radius 3 is 2.02 bits per heavy atom. The van der Waals surface area contributed by atoms with Crippen LogP contribution in [0.4, 0.5) is 0 Å². The number of nitrogens with zero attached hydrogens (tertiary/aromatic N) is 2. The van der Waals surface area contributed by atoms with Gasteiger partial charge in [0.05, 0.1) is 6.54 Å². The van der Waals surface area contributed by atoms with Crippen molar-refractivity contribution in [2.24, 2.45) is 15.7 Å². The van der Waals surface area contributed by atoms with Gasteiger partial charge < -0.3 is 10.2 Å². The first-order valence-electron chi connectivity index (χ1n) is 20.8. The van der Waals surface area contributed by atoms with E-state index in [-0.39, 0.29) is 6.54 Å². The zero-order chi connectivity index (χ0) is 42.4. The average molecular weight is 846 g/mol. The van der Waals surface area contributed by atoms with Crippen molar-refractivity contribution in [2.45, 2.75) is 0 Å². The number of nitrogens with two attached hydrogens (primary N) is 1. The van der Waals surface area contributed by atoms with Crippen LogP contribution in [0.2, 0.25) is 0 Å². The minimum Gasteiger partial charge on any atom is -0.457 e. The average Bonchev–Trinajstić information content (AvgIpc) is 4.02. The number of amidine groups is 2. The van der Waals surface area contributed by atoms with Gasteiger partial charge in [0.1, 0.15) is 16.8 Å². The van der Waals surface area contributed by atoms with E-state index in [0.717, 1.165) is 49.6 Å². The second kappa shape index (κ2) is 16.0. The summed E-state index contributed by atoms with van der Waals surface area (Å²) in [7, 11) is 0. The van der Waals surface area contributed by atoms with Gasteiger partial charge in [-0.3, -0.25) is 4.99 Å². The lowest BCUT2D eigenvalue weighted by molar-refractivity contribution is 0.577. The molecule has 0 saturated carbocycles. The summed E-state index contributed by atoms with van der Waals surface area (Å²) in [4.78, 5) is 10.1. The quantitative estimate of drug-likeness (QED) is 0.122. The summed E-state index contributed by atoms with van der Waals surface area (Å²) in [5.74, 6) is 0.903. The van der Waals surface area contributed by atoms with E-state index in [1.165, 1.54) is 57.0 Å². The molecule has 6 heteroatoms. The van der Waals surface area contributed by atoms with Crippen LogP contribution in [0.25, 0.3) is 96.8 Å². The maximum atomic E-state index is 6.65. The lowest BCUT2D eigenvalue weighted by Gasteiger charge is -2.10. The molecule has 4 nitrogen and oxygen atoms in total. The third-order valence-electron chi connectivity index (χ3n) is 11.8. The van der Waals surface area contributed by atoms with Gasteiger partial charge in [-0.1, -0.05) is 165 Å². The summed E-state index contributed by atoms with van der Waals surface area (Å²) < 4.78 is 11.5. The molecule has 0 bridgehead atoms. The van der Waals surface area contributed by atoms with Gasteiger partial charge in [0.15, 0.2) is 5.84 Å².